The number of carbonyl (C=O) groups is 1. The molecule has 0 aromatic heterocycles. The van der Waals surface area contributed by atoms with Gasteiger partial charge in [0.15, 0.2) is 0 Å². The second kappa shape index (κ2) is 4.97. The fourth-order valence-corrected chi connectivity index (χ4v) is 0.743. The fourth-order valence-electron chi connectivity index (χ4n) is 0.579. The van der Waals surface area contributed by atoms with E-state index >= 15 is 0 Å². The second-order valence-electron chi connectivity index (χ2n) is 2.18. The maximum absolute atomic E-state index is 10.8. The van der Waals surface area contributed by atoms with E-state index in [2.05, 4.69) is 11.9 Å². The molecule has 11 heavy (non-hydrogen) atoms. The summed E-state index contributed by atoms with van der Waals surface area (Å²) in [6.07, 6.45) is 2.08. The Morgan fingerprint density at radius 3 is 2.64 bits per heavy atom. The molecule has 0 rings (SSSR count). The van der Waals surface area contributed by atoms with Crippen LogP contribution in [0.1, 0.15) is 20.3 Å². The second-order valence-corrected chi connectivity index (χ2v) is 2.66. The molecule has 0 saturated heterocycles. The van der Waals surface area contributed by atoms with Crippen LogP contribution in [0.4, 0.5) is 0 Å². The molecule has 3 heteroatoms. The van der Waals surface area contributed by atoms with Crippen LogP contribution >= 0.6 is 11.6 Å². The van der Waals surface area contributed by atoms with Crippen molar-refractivity contribution in [1.82, 2.24) is 5.32 Å². The smallest absolute Gasteiger partial charge is 0.223 e. The number of halogens is 1. The van der Waals surface area contributed by atoms with Crippen molar-refractivity contribution < 1.29 is 4.79 Å². The summed E-state index contributed by atoms with van der Waals surface area (Å²) in [4.78, 5) is 10.8. The standard InChI is InChI=1S/C8H12ClNO/c1-4-8(11)10-7(3)5-6(2)9/h5H,2,4H2,1,3H3,(H,10,11)/b7-5+. The first kappa shape index (κ1) is 10.2. The molecule has 0 unspecified atom stereocenters. The lowest BCUT2D eigenvalue weighted by molar-refractivity contribution is -0.120. The molecular weight excluding hydrogens is 162 g/mol. The summed E-state index contributed by atoms with van der Waals surface area (Å²) in [7, 11) is 0. The number of rotatable bonds is 3. The van der Waals surface area contributed by atoms with E-state index in [-0.39, 0.29) is 5.91 Å². The lowest BCUT2D eigenvalue weighted by Crippen LogP contribution is -2.19. The molecular formula is C8H12ClNO. The Morgan fingerprint density at radius 1 is 1.73 bits per heavy atom. The largest absolute Gasteiger partial charge is 0.330 e. The van der Waals surface area contributed by atoms with Gasteiger partial charge in [-0.1, -0.05) is 25.1 Å². The van der Waals surface area contributed by atoms with Crippen LogP contribution in [-0.2, 0) is 4.79 Å². The van der Waals surface area contributed by atoms with Gasteiger partial charge in [-0.05, 0) is 13.0 Å². The third-order valence-electron chi connectivity index (χ3n) is 1.03. The minimum absolute atomic E-state index is 0.0170. The van der Waals surface area contributed by atoms with Crippen LogP contribution in [0, 0.1) is 0 Å². The Kier molecular flexibility index (Phi) is 4.62. The van der Waals surface area contributed by atoms with Crippen LogP contribution < -0.4 is 5.32 Å². The van der Waals surface area contributed by atoms with Crippen LogP contribution in [-0.4, -0.2) is 5.91 Å². The monoisotopic (exact) mass is 173 g/mol. The van der Waals surface area contributed by atoms with E-state index in [1.807, 2.05) is 0 Å². The molecule has 2 nitrogen and oxygen atoms in total. The van der Waals surface area contributed by atoms with Crippen LogP contribution in [0.15, 0.2) is 23.4 Å². The van der Waals surface area contributed by atoms with E-state index in [0.29, 0.717) is 11.5 Å². The van der Waals surface area contributed by atoms with E-state index in [0.717, 1.165) is 5.70 Å². The van der Waals surface area contributed by atoms with Gasteiger partial charge in [0, 0.05) is 17.2 Å². The molecule has 0 fully saturated rings. The number of hydrogen-bond acceptors (Lipinski definition) is 1. The average Bonchev–Trinajstić information content (AvgIpc) is 1.85. The maximum Gasteiger partial charge on any atom is 0.223 e. The van der Waals surface area contributed by atoms with Crippen molar-refractivity contribution in [2.24, 2.45) is 0 Å². The molecule has 0 atom stereocenters. The summed E-state index contributed by atoms with van der Waals surface area (Å²) in [5, 5.41) is 3.05. The van der Waals surface area contributed by atoms with Crippen molar-refractivity contribution in [3.05, 3.63) is 23.4 Å². The number of allylic oxidation sites excluding steroid dienone is 3. The molecule has 0 saturated carbocycles. The molecule has 0 aliphatic carbocycles. The van der Waals surface area contributed by atoms with Crippen molar-refractivity contribution in [1.29, 1.82) is 0 Å². The van der Waals surface area contributed by atoms with Gasteiger partial charge in [0.25, 0.3) is 0 Å². The first-order chi connectivity index (χ1) is 5.06. The van der Waals surface area contributed by atoms with E-state index < -0.39 is 0 Å². The summed E-state index contributed by atoms with van der Waals surface area (Å²) in [6.45, 7) is 7.02. The third kappa shape index (κ3) is 5.67. The van der Waals surface area contributed by atoms with Gasteiger partial charge >= 0.3 is 0 Å². The topological polar surface area (TPSA) is 29.1 Å². The minimum atomic E-state index is -0.0170. The third-order valence-corrected chi connectivity index (χ3v) is 1.14. The highest BCUT2D eigenvalue weighted by Gasteiger charge is 1.95. The quantitative estimate of drug-likeness (QED) is 0.652. The van der Waals surface area contributed by atoms with Crippen LogP contribution in [0.3, 0.4) is 0 Å². The van der Waals surface area contributed by atoms with Crippen LogP contribution in [0.5, 0.6) is 0 Å². The number of nitrogens with one attached hydrogen (secondary N) is 1. The zero-order chi connectivity index (χ0) is 8.85. The fraction of sp³-hybridized carbons (Fsp3) is 0.375. The SMILES string of the molecule is C=C(Cl)/C=C(\C)NC(=O)CC. The molecule has 0 aliphatic rings. The number of hydrogen-bond donors (Lipinski definition) is 1. The first-order valence-corrected chi connectivity index (χ1v) is 3.76. The van der Waals surface area contributed by atoms with Gasteiger partial charge in [0.1, 0.15) is 0 Å². The Morgan fingerprint density at radius 2 is 2.27 bits per heavy atom. The van der Waals surface area contributed by atoms with Crippen molar-refractivity contribution >= 4 is 17.5 Å². The Balaban J connectivity index is 3.96. The molecule has 0 radical (unpaired) electrons. The lowest BCUT2D eigenvalue weighted by atomic mass is 10.4. The molecule has 1 N–H and O–H groups in total. The number of carbonyl (C=O) groups excluding carboxylic acids is 1. The summed E-state index contributed by atoms with van der Waals surface area (Å²) in [6, 6.07) is 0. The summed E-state index contributed by atoms with van der Waals surface area (Å²) < 4.78 is 0. The Hall–Kier alpha value is -0.760. The molecule has 0 aromatic rings. The normalized spacial score (nSPS) is 11.0. The van der Waals surface area contributed by atoms with E-state index in [1.54, 1.807) is 19.9 Å². The van der Waals surface area contributed by atoms with E-state index in [4.69, 9.17) is 11.6 Å². The van der Waals surface area contributed by atoms with Gasteiger partial charge in [-0.25, -0.2) is 0 Å². The minimum Gasteiger partial charge on any atom is -0.330 e. The first-order valence-electron chi connectivity index (χ1n) is 3.38. The molecule has 0 aromatic carbocycles. The summed E-state index contributed by atoms with van der Waals surface area (Å²) in [5.74, 6) is -0.0170. The van der Waals surface area contributed by atoms with Crippen LogP contribution in [0.2, 0.25) is 0 Å². The highest BCUT2D eigenvalue weighted by molar-refractivity contribution is 6.30. The van der Waals surface area contributed by atoms with Gasteiger partial charge in [-0.3, -0.25) is 4.79 Å². The van der Waals surface area contributed by atoms with Gasteiger partial charge in [0.2, 0.25) is 5.91 Å². The Labute approximate surface area is 71.9 Å². The van der Waals surface area contributed by atoms with E-state index in [9.17, 15) is 4.79 Å². The summed E-state index contributed by atoms with van der Waals surface area (Å²) >= 11 is 5.48. The van der Waals surface area contributed by atoms with Gasteiger partial charge < -0.3 is 5.32 Å². The zero-order valence-corrected chi connectivity index (χ0v) is 7.53. The average molecular weight is 174 g/mol. The maximum atomic E-state index is 10.8. The van der Waals surface area contributed by atoms with Gasteiger partial charge in [-0.15, -0.1) is 0 Å². The van der Waals surface area contributed by atoms with Crippen molar-refractivity contribution in [2.75, 3.05) is 0 Å². The predicted molar refractivity (Wildman–Crippen MR) is 47.2 cm³/mol. The molecule has 0 bridgehead atoms. The van der Waals surface area contributed by atoms with Crippen LogP contribution in [0.25, 0.3) is 0 Å². The molecule has 0 aliphatic heterocycles. The highest BCUT2D eigenvalue weighted by atomic mass is 35.5. The summed E-state index contributed by atoms with van der Waals surface area (Å²) in [5.41, 5.74) is 0.719. The Bertz CT molecular complexity index is 196. The molecule has 0 heterocycles. The van der Waals surface area contributed by atoms with Gasteiger partial charge in [0.05, 0.1) is 0 Å². The number of amides is 1. The van der Waals surface area contributed by atoms with Crippen molar-refractivity contribution in [3.63, 3.8) is 0 Å². The zero-order valence-electron chi connectivity index (χ0n) is 6.78. The molecule has 0 spiro atoms. The van der Waals surface area contributed by atoms with Crippen molar-refractivity contribution in [3.8, 4) is 0 Å². The lowest BCUT2D eigenvalue weighted by Gasteiger charge is -2.01. The predicted octanol–water partition coefficient (Wildman–Crippen LogP) is 2.17. The van der Waals surface area contributed by atoms with E-state index in [1.165, 1.54) is 0 Å². The van der Waals surface area contributed by atoms with Gasteiger partial charge in [-0.2, -0.15) is 0 Å². The highest BCUT2D eigenvalue weighted by Crippen LogP contribution is 2.01. The molecule has 62 valence electrons. The van der Waals surface area contributed by atoms with Crippen molar-refractivity contribution in [2.45, 2.75) is 20.3 Å². The molecule has 1 amide bonds.